The van der Waals surface area contributed by atoms with Crippen LogP contribution >= 0.6 is 11.6 Å². The Morgan fingerprint density at radius 3 is 2.76 bits per heavy atom. The third-order valence-electron chi connectivity index (χ3n) is 1.85. The number of rotatable bonds is 3. The Kier molecular flexibility index (Phi) is 4.71. The molecule has 0 aliphatic heterocycles. The lowest BCUT2D eigenvalue weighted by molar-refractivity contribution is -0.118. The van der Waals surface area contributed by atoms with Gasteiger partial charge >= 0.3 is 6.03 Å². The van der Waals surface area contributed by atoms with Gasteiger partial charge in [0.25, 0.3) is 0 Å². The van der Waals surface area contributed by atoms with Crippen LogP contribution in [0.25, 0.3) is 0 Å². The van der Waals surface area contributed by atoms with Gasteiger partial charge in [0.05, 0.1) is 12.2 Å². The molecule has 0 radical (unpaired) electrons. The number of imide groups is 1. The number of halogens is 2. The molecule has 0 aliphatic carbocycles. The van der Waals surface area contributed by atoms with Crippen molar-refractivity contribution in [3.05, 3.63) is 29.0 Å². The minimum atomic E-state index is -0.622. The monoisotopic (exact) mass is 259 g/mol. The largest absolute Gasteiger partial charge is 0.374 e. The lowest BCUT2D eigenvalue weighted by Crippen LogP contribution is -2.40. The first-order valence-electron chi connectivity index (χ1n) is 4.73. The summed E-state index contributed by atoms with van der Waals surface area (Å²) in [5.74, 6) is -1.11. The van der Waals surface area contributed by atoms with E-state index in [4.69, 9.17) is 11.6 Å². The Morgan fingerprint density at radius 1 is 1.41 bits per heavy atom. The van der Waals surface area contributed by atoms with E-state index in [1.807, 2.05) is 5.32 Å². The Hall–Kier alpha value is -1.82. The highest BCUT2D eigenvalue weighted by Crippen LogP contribution is 2.18. The molecule has 0 aromatic heterocycles. The fraction of sp³-hybridized carbons (Fsp3) is 0.200. The summed E-state index contributed by atoms with van der Waals surface area (Å²) < 4.78 is 13.2. The lowest BCUT2D eigenvalue weighted by atomic mass is 10.3. The second kappa shape index (κ2) is 6.05. The minimum absolute atomic E-state index is 0.101. The molecule has 3 N–H and O–H groups in total. The number of nitrogens with one attached hydrogen (secondary N) is 3. The van der Waals surface area contributed by atoms with E-state index in [0.29, 0.717) is 5.02 Å². The van der Waals surface area contributed by atoms with E-state index in [1.165, 1.54) is 25.2 Å². The van der Waals surface area contributed by atoms with Gasteiger partial charge in [0, 0.05) is 12.1 Å². The van der Waals surface area contributed by atoms with Gasteiger partial charge < -0.3 is 10.6 Å². The Bertz CT molecular complexity index is 440. The zero-order chi connectivity index (χ0) is 12.8. The summed E-state index contributed by atoms with van der Waals surface area (Å²) in [4.78, 5) is 22.0. The lowest BCUT2D eigenvalue weighted by Gasteiger charge is -2.07. The van der Waals surface area contributed by atoms with Crippen LogP contribution in [-0.4, -0.2) is 25.5 Å². The predicted molar refractivity (Wildman–Crippen MR) is 62.5 cm³/mol. The highest BCUT2D eigenvalue weighted by molar-refractivity contribution is 6.30. The van der Waals surface area contributed by atoms with Gasteiger partial charge in [-0.3, -0.25) is 10.1 Å². The van der Waals surface area contributed by atoms with Gasteiger partial charge in [0.1, 0.15) is 5.82 Å². The molecule has 0 unspecified atom stereocenters. The van der Waals surface area contributed by atoms with E-state index in [9.17, 15) is 14.0 Å². The van der Waals surface area contributed by atoms with Crippen molar-refractivity contribution in [3.8, 4) is 0 Å². The van der Waals surface area contributed by atoms with Gasteiger partial charge in [0.15, 0.2) is 0 Å². The van der Waals surface area contributed by atoms with Crippen LogP contribution in [0.3, 0.4) is 0 Å². The third kappa shape index (κ3) is 4.28. The van der Waals surface area contributed by atoms with Crippen molar-refractivity contribution in [1.82, 2.24) is 10.6 Å². The number of urea groups is 1. The van der Waals surface area contributed by atoms with Crippen molar-refractivity contribution in [3.63, 3.8) is 0 Å². The normalized spacial score (nSPS) is 9.59. The first-order chi connectivity index (χ1) is 8.02. The summed E-state index contributed by atoms with van der Waals surface area (Å²) in [6.45, 7) is -0.231. The van der Waals surface area contributed by atoms with Crippen LogP contribution in [0, 0.1) is 5.82 Å². The maximum atomic E-state index is 13.2. The molecule has 0 aliphatic rings. The number of benzene rings is 1. The van der Waals surface area contributed by atoms with Gasteiger partial charge in [-0.05, 0) is 18.2 Å². The summed E-state index contributed by atoms with van der Waals surface area (Å²) in [6.07, 6.45) is 0. The number of carbonyl (C=O) groups excluding carboxylic acids is 2. The van der Waals surface area contributed by atoms with Crippen LogP contribution in [0.5, 0.6) is 0 Å². The predicted octanol–water partition coefficient (Wildman–Crippen LogP) is 1.35. The van der Waals surface area contributed by atoms with Crippen LogP contribution < -0.4 is 16.0 Å². The molecule has 92 valence electrons. The summed E-state index contributed by atoms with van der Waals surface area (Å²) in [5.41, 5.74) is 0.101. The van der Waals surface area contributed by atoms with Crippen molar-refractivity contribution in [1.29, 1.82) is 0 Å². The molecule has 3 amide bonds. The number of hydrogen-bond donors (Lipinski definition) is 3. The first-order valence-corrected chi connectivity index (χ1v) is 5.11. The number of carbonyl (C=O) groups is 2. The second-order valence-electron chi connectivity index (χ2n) is 3.11. The van der Waals surface area contributed by atoms with E-state index in [2.05, 4.69) is 10.6 Å². The molecule has 1 aromatic rings. The van der Waals surface area contributed by atoms with E-state index in [0.717, 1.165) is 0 Å². The molecule has 1 rings (SSSR count). The van der Waals surface area contributed by atoms with Crippen LogP contribution in [-0.2, 0) is 4.79 Å². The Balaban J connectivity index is 2.53. The zero-order valence-corrected chi connectivity index (χ0v) is 9.77. The van der Waals surface area contributed by atoms with E-state index < -0.39 is 17.8 Å². The second-order valence-corrected chi connectivity index (χ2v) is 3.54. The Morgan fingerprint density at radius 2 is 2.12 bits per heavy atom. The molecule has 0 saturated heterocycles. The SMILES string of the molecule is CNC(=O)NC(=O)CNc1cc(Cl)ccc1F. The average Bonchev–Trinajstić information content (AvgIpc) is 2.30. The van der Waals surface area contributed by atoms with Crippen molar-refractivity contribution in [2.24, 2.45) is 0 Å². The van der Waals surface area contributed by atoms with Gasteiger partial charge in [-0.25, -0.2) is 9.18 Å². The van der Waals surface area contributed by atoms with Crippen molar-refractivity contribution in [2.45, 2.75) is 0 Å². The fourth-order valence-corrected chi connectivity index (χ4v) is 1.21. The molecule has 17 heavy (non-hydrogen) atoms. The summed E-state index contributed by atoms with van der Waals surface area (Å²) in [5, 5.41) is 7.13. The summed E-state index contributed by atoms with van der Waals surface area (Å²) >= 11 is 5.67. The van der Waals surface area contributed by atoms with E-state index in [-0.39, 0.29) is 12.2 Å². The number of amides is 3. The number of anilines is 1. The van der Waals surface area contributed by atoms with Gasteiger partial charge in [0.2, 0.25) is 5.91 Å². The number of hydrogen-bond acceptors (Lipinski definition) is 3. The molecule has 0 atom stereocenters. The van der Waals surface area contributed by atoms with Gasteiger partial charge in [-0.15, -0.1) is 0 Å². The standard InChI is InChI=1S/C10H11ClFN3O2/c1-13-10(17)15-9(16)5-14-8-4-6(11)2-3-7(8)12/h2-4,14H,5H2,1H3,(H2,13,15,16,17). The average molecular weight is 260 g/mol. The van der Waals surface area contributed by atoms with Crippen molar-refractivity contribution >= 4 is 29.2 Å². The molecule has 7 heteroatoms. The van der Waals surface area contributed by atoms with Crippen molar-refractivity contribution < 1.29 is 14.0 Å². The molecule has 0 bridgehead atoms. The quantitative estimate of drug-likeness (QED) is 0.767. The highest BCUT2D eigenvalue weighted by Gasteiger charge is 2.07. The molecule has 0 heterocycles. The van der Waals surface area contributed by atoms with Crippen LogP contribution in [0.15, 0.2) is 18.2 Å². The maximum absolute atomic E-state index is 13.2. The maximum Gasteiger partial charge on any atom is 0.321 e. The fourth-order valence-electron chi connectivity index (χ4n) is 1.04. The van der Waals surface area contributed by atoms with E-state index >= 15 is 0 Å². The van der Waals surface area contributed by atoms with E-state index in [1.54, 1.807) is 0 Å². The Labute approximate surface area is 102 Å². The molecule has 0 saturated carbocycles. The first kappa shape index (κ1) is 13.2. The third-order valence-corrected chi connectivity index (χ3v) is 2.08. The smallest absolute Gasteiger partial charge is 0.321 e. The molecule has 1 aromatic carbocycles. The van der Waals surface area contributed by atoms with Crippen molar-refractivity contribution in [2.75, 3.05) is 18.9 Å². The summed E-state index contributed by atoms with van der Waals surface area (Å²) in [6, 6.07) is 3.31. The minimum Gasteiger partial charge on any atom is -0.374 e. The molecule has 0 fully saturated rings. The van der Waals surface area contributed by atoms with Gasteiger partial charge in [-0.1, -0.05) is 11.6 Å². The van der Waals surface area contributed by atoms with Crippen LogP contribution in [0.1, 0.15) is 0 Å². The topological polar surface area (TPSA) is 70.2 Å². The van der Waals surface area contributed by atoms with Gasteiger partial charge in [-0.2, -0.15) is 0 Å². The molecule has 0 spiro atoms. The zero-order valence-electron chi connectivity index (χ0n) is 9.01. The molecular formula is C10H11ClFN3O2. The highest BCUT2D eigenvalue weighted by atomic mass is 35.5. The van der Waals surface area contributed by atoms with Crippen LogP contribution in [0.2, 0.25) is 5.02 Å². The molecule has 5 nitrogen and oxygen atoms in total. The molecular weight excluding hydrogens is 249 g/mol. The summed E-state index contributed by atoms with van der Waals surface area (Å²) in [7, 11) is 1.38. The van der Waals surface area contributed by atoms with Crippen LogP contribution in [0.4, 0.5) is 14.9 Å².